The number of rotatable bonds is 7. The molecule has 0 unspecified atom stereocenters. The Balaban J connectivity index is 1.52. The summed E-state index contributed by atoms with van der Waals surface area (Å²) in [4.78, 5) is 22.1. The van der Waals surface area contributed by atoms with Crippen molar-refractivity contribution in [1.82, 2.24) is 14.5 Å². The van der Waals surface area contributed by atoms with Crippen molar-refractivity contribution in [2.45, 2.75) is 25.4 Å². The number of aryl methyl sites for hydroxylation is 2. The average molecular weight is 418 g/mol. The molecule has 6 heteroatoms. The van der Waals surface area contributed by atoms with Crippen LogP contribution in [0, 0.1) is 13.8 Å². The first-order valence-electron chi connectivity index (χ1n) is 9.88. The van der Waals surface area contributed by atoms with Gasteiger partial charge >= 0.3 is 0 Å². The molecular weight excluding hydrogens is 394 g/mol. The first-order valence-corrected chi connectivity index (χ1v) is 10.9. The smallest absolute Gasteiger partial charge is 0.266 e. The molecule has 2 aromatic heterocycles. The molecule has 0 aliphatic rings. The zero-order chi connectivity index (χ0) is 20.9. The van der Waals surface area contributed by atoms with Crippen LogP contribution < -0.4 is 10.3 Å². The molecule has 0 bridgehead atoms. The average Bonchev–Trinajstić information content (AvgIpc) is 2.76. The number of hydrogen-bond acceptors (Lipinski definition) is 5. The van der Waals surface area contributed by atoms with Crippen LogP contribution in [0.2, 0.25) is 0 Å². The van der Waals surface area contributed by atoms with Crippen LogP contribution >= 0.6 is 11.8 Å². The number of aromatic nitrogens is 3. The van der Waals surface area contributed by atoms with Gasteiger partial charge in [0.15, 0.2) is 5.16 Å². The van der Waals surface area contributed by atoms with Crippen LogP contribution in [0.4, 0.5) is 0 Å². The summed E-state index contributed by atoms with van der Waals surface area (Å²) >= 11 is 1.56. The molecule has 4 aromatic rings. The predicted molar refractivity (Wildman–Crippen MR) is 122 cm³/mol. The Morgan fingerprint density at radius 3 is 2.77 bits per heavy atom. The van der Waals surface area contributed by atoms with Crippen LogP contribution in [0.15, 0.2) is 76.9 Å². The van der Waals surface area contributed by atoms with Crippen LogP contribution in [0.3, 0.4) is 0 Å². The van der Waals surface area contributed by atoms with E-state index in [2.05, 4.69) is 37.0 Å². The largest absolute Gasteiger partial charge is 0.493 e. The van der Waals surface area contributed by atoms with Gasteiger partial charge in [0.2, 0.25) is 0 Å². The molecule has 0 N–H and O–H groups in total. The van der Waals surface area contributed by atoms with Crippen molar-refractivity contribution >= 4 is 22.7 Å². The lowest BCUT2D eigenvalue weighted by Gasteiger charge is -2.13. The third-order valence-corrected chi connectivity index (χ3v) is 5.79. The van der Waals surface area contributed by atoms with Crippen molar-refractivity contribution in [1.29, 1.82) is 0 Å². The van der Waals surface area contributed by atoms with Crippen molar-refractivity contribution in [3.63, 3.8) is 0 Å². The Labute approximate surface area is 179 Å². The number of nitrogens with zero attached hydrogens (tertiary/aromatic N) is 3. The fourth-order valence-electron chi connectivity index (χ4n) is 3.19. The van der Waals surface area contributed by atoms with E-state index in [9.17, 15) is 4.79 Å². The Bertz CT molecular complexity index is 1220. The van der Waals surface area contributed by atoms with Gasteiger partial charge in [0.1, 0.15) is 5.75 Å². The number of thioether (sulfide) groups is 1. The molecule has 5 nitrogen and oxygen atoms in total. The fraction of sp³-hybridized carbons (Fsp3) is 0.208. The van der Waals surface area contributed by atoms with Gasteiger partial charge in [-0.3, -0.25) is 14.3 Å². The number of fused-ring (bicyclic) bond motifs is 1. The minimum Gasteiger partial charge on any atom is -0.493 e. The summed E-state index contributed by atoms with van der Waals surface area (Å²) in [5.41, 5.74) is 3.66. The predicted octanol–water partition coefficient (Wildman–Crippen LogP) is 4.96. The van der Waals surface area contributed by atoms with Gasteiger partial charge in [-0.15, -0.1) is 0 Å². The molecule has 0 aliphatic carbocycles. The molecule has 0 amide bonds. The van der Waals surface area contributed by atoms with Gasteiger partial charge < -0.3 is 4.74 Å². The van der Waals surface area contributed by atoms with Gasteiger partial charge in [0.05, 0.1) is 29.4 Å². The van der Waals surface area contributed by atoms with Crippen molar-refractivity contribution < 1.29 is 4.74 Å². The maximum Gasteiger partial charge on any atom is 0.266 e. The molecule has 0 radical (unpaired) electrons. The second kappa shape index (κ2) is 9.13. The Kier molecular flexibility index (Phi) is 6.14. The summed E-state index contributed by atoms with van der Waals surface area (Å²) in [6.45, 7) is 4.72. The maximum atomic E-state index is 13.2. The minimum absolute atomic E-state index is 0.0808. The fourth-order valence-corrected chi connectivity index (χ4v) is 4.12. The van der Waals surface area contributed by atoms with Crippen LogP contribution in [0.25, 0.3) is 16.6 Å². The monoisotopic (exact) mass is 417 g/mol. The van der Waals surface area contributed by atoms with Crippen LogP contribution in [0.1, 0.15) is 17.5 Å². The van der Waals surface area contributed by atoms with Crippen molar-refractivity contribution in [2.75, 3.05) is 12.4 Å². The molecule has 0 saturated heterocycles. The lowest BCUT2D eigenvalue weighted by atomic mass is 10.1. The van der Waals surface area contributed by atoms with Gasteiger partial charge in [-0.25, -0.2) is 4.98 Å². The highest BCUT2D eigenvalue weighted by Gasteiger charge is 2.13. The lowest BCUT2D eigenvalue weighted by molar-refractivity contribution is 0.316. The highest BCUT2D eigenvalue weighted by atomic mass is 32.2. The summed E-state index contributed by atoms with van der Waals surface area (Å²) < 4.78 is 7.60. The van der Waals surface area contributed by atoms with Crippen LogP contribution in [-0.4, -0.2) is 26.9 Å². The number of pyridine rings is 1. The maximum absolute atomic E-state index is 13.2. The molecule has 2 heterocycles. The first-order chi connectivity index (χ1) is 14.6. The normalized spacial score (nSPS) is 11.0. The Hall–Kier alpha value is -3.12. The summed E-state index contributed by atoms with van der Waals surface area (Å²) in [7, 11) is 0. The molecule has 0 saturated carbocycles. The van der Waals surface area contributed by atoms with Crippen molar-refractivity contribution in [3.8, 4) is 11.4 Å². The topological polar surface area (TPSA) is 57.0 Å². The van der Waals surface area contributed by atoms with E-state index in [0.717, 1.165) is 29.2 Å². The van der Waals surface area contributed by atoms with E-state index in [1.165, 1.54) is 5.56 Å². The van der Waals surface area contributed by atoms with E-state index in [1.54, 1.807) is 28.7 Å². The minimum atomic E-state index is -0.0808. The molecule has 30 heavy (non-hydrogen) atoms. The van der Waals surface area contributed by atoms with E-state index < -0.39 is 0 Å². The second-order valence-corrected chi connectivity index (χ2v) is 8.14. The van der Waals surface area contributed by atoms with Crippen molar-refractivity contribution in [3.05, 3.63) is 88.5 Å². The summed E-state index contributed by atoms with van der Waals surface area (Å²) in [5, 5.41) is 1.27. The Morgan fingerprint density at radius 1 is 1.07 bits per heavy atom. The lowest BCUT2D eigenvalue weighted by Crippen LogP contribution is -2.22. The van der Waals surface area contributed by atoms with E-state index in [4.69, 9.17) is 9.72 Å². The Morgan fingerprint density at radius 2 is 1.93 bits per heavy atom. The third kappa shape index (κ3) is 4.39. The van der Waals surface area contributed by atoms with Gasteiger partial charge in [-0.2, -0.15) is 0 Å². The highest BCUT2D eigenvalue weighted by Crippen LogP contribution is 2.23. The summed E-state index contributed by atoms with van der Waals surface area (Å²) in [5.74, 6) is 1.71. The number of benzene rings is 2. The molecule has 0 aliphatic heterocycles. The van der Waals surface area contributed by atoms with Crippen LogP contribution in [-0.2, 0) is 0 Å². The number of hydrogen-bond donors (Lipinski definition) is 0. The van der Waals surface area contributed by atoms with Crippen molar-refractivity contribution in [2.24, 2.45) is 0 Å². The molecule has 152 valence electrons. The van der Waals surface area contributed by atoms with E-state index in [1.807, 2.05) is 36.4 Å². The quantitative estimate of drug-likeness (QED) is 0.242. The standard InChI is InChI=1S/C24H23N3O2S/c1-17-10-11-18(2)22(15-17)29-13-6-14-30-24-26-21-9-4-3-8-20(21)23(28)27(24)19-7-5-12-25-16-19/h3-5,7-12,15-16H,6,13-14H2,1-2H3. The first kappa shape index (κ1) is 20.2. The van der Waals surface area contributed by atoms with E-state index in [-0.39, 0.29) is 5.56 Å². The molecule has 0 fully saturated rings. The van der Waals surface area contributed by atoms with Gasteiger partial charge in [-0.1, -0.05) is 36.0 Å². The number of ether oxygens (including phenoxy) is 1. The SMILES string of the molecule is Cc1ccc(C)c(OCCCSc2nc3ccccc3c(=O)n2-c2cccnc2)c1. The zero-order valence-corrected chi connectivity index (χ0v) is 17.9. The van der Waals surface area contributed by atoms with Gasteiger partial charge in [-0.05, 0) is 61.7 Å². The highest BCUT2D eigenvalue weighted by molar-refractivity contribution is 7.99. The molecule has 0 atom stereocenters. The van der Waals surface area contributed by atoms with Crippen LogP contribution in [0.5, 0.6) is 5.75 Å². The second-order valence-electron chi connectivity index (χ2n) is 7.08. The number of para-hydroxylation sites is 1. The van der Waals surface area contributed by atoms with E-state index >= 15 is 0 Å². The molecular formula is C24H23N3O2S. The zero-order valence-electron chi connectivity index (χ0n) is 17.0. The molecule has 4 rings (SSSR count). The van der Waals surface area contributed by atoms with Gasteiger partial charge in [0, 0.05) is 11.9 Å². The van der Waals surface area contributed by atoms with E-state index in [0.29, 0.717) is 22.7 Å². The molecule has 0 spiro atoms. The summed E-state index contributed by atoms with van der Waals surface area (Å²) in [6.07, 6.45) is 4.22. The molecule has 2 aromatic carbocycles. The summed E-state index contributed by atoms with van der Waals surface area (Å²) in [6, 6.07) is 17.4. The third-order valence-electron chi connectivity index (χ3n) is 4.77. The van der Waals surface area contributed by atoms with Gasteiger partial charge in [0.25, 0.3) is 5.56 Å².